The van der Waals surface area contributed by atoms with Crippen molar-refractivity contribution < 1.29 is 4.79 Å². The number of aryl methyl sites for hydroxylation is 1. The number of allylic oxidation sites excluding steroid dienone is 1. The summed E-state index contributed by atoms with van der Waals surface area (Å²) in [7, 11) is 0. The lowest BCUT2D eigenvalue weighted by atomic mass is 10.0. The third-order valence-corrected chi connectivity index (χ3v) is 4.84. The van der Waals surface area contributed by atoms with Crippen molar-refractivity contribution in [2.75, 3.05) is 6.54 Å². The number of benzene rings is 1. The zero-order chi connectivity index (χ0) is 18.7. The summed E-state index contributed by atoms with van der Waals surface area (Å²) in [6.45, 7) is 12.1. The molecule has 26 heavy (non-hydrogen) atoms. The van der Waals surface area contributed by atoms with E-state index in [1.165, 1.54) is 5.69 Å². The Labute approximate surface area is 155 Å². The van der Waals surface area contributed by atoms with Crippen molar-refractivity contribution >= 4 is 17.4 Å². The highest BCUT2D eigenvalue weighted by Crippen LogP contribution is 2.30. The van der Waals surface area contributed by atoms with Crippen LogP contribution < -0.4 is 5.32 Å². The molecule has 1 aromatic heterocycles. The Kier molecular flexibility index (Phi) is 5.40. The highest BCUT2D eigenvalue weighted by molar-refractivity contribution is 6.15. The Hall–Kier alpha value is -2.62. The van der Waals surface area contributed by atoms with Gasteiger partial charge in [0.15, 0.2) is 0 Å². The molecule has 0 bridgehead atoms. The van der Waals surface area contributed by atoms with Crippen molar-refractivity contribution in [2.45, 2.75) is 46.1 Å². The number of fused-ring (bicyclic) bond motifs is 2. The van der Waals surface area contributed by atoms with Crippen LogP contribution in [0.2, 0.25) is 0 Å². The van der Waals surface area contributed by atoms with E-state index in [1.54, 1.807) is 6.08 Å². The molecule has 1 aliphatic heterocycles. The normalized spacial score (nSPS) is 17.2. The highest BCUT2D eigenvalue weighted by atomic mass is 16.1. The van der Waals surface area contributed by atoms with Crippen molar-refractivity contribution in [1.82, 2.24) is 9.88 Å². The van der Waals surface area contributed by atoms with Gasteiger partial charge in [0, 0.05) is 29.9 Å². The van der Waals surface area contributed by atoms with Crippen molar-refractivity contribution in [3.63, 3.8) is 0 Å². The molecule has 0 aliphatic carbocycles. The molecule has 0 unspecified atom stereocenters. The Bertz CT molecular complexity index is 858. The zero-order valence-corrected chi connectivity index (χ0v) is 15.9. The van der Waals surface area contributed by atoms with Crippen LogP contribution in [0, 0.1) is 6.92 Å². The molecule has 4 nitrogen and oxygen atoms in total. The van der Waals surface area contributed by atoms with Crippen LogP contribution in [0.1, 0.15) is 59.8 Å². The van der Waals surface area contributed by atoms with Gasteiger partial charge in [-0.15, -0.1) is 0 Å². The van der Waals surface area contributed by atoms with Crippen LogP contribution in [0.15, 0.2) is 48.0 Å². The van der Waals surface area contributed by atoms with Gasteiger partial charge in [0.05, 0.1) is 5.71 Å². The molecule has 0 saturated heterocycles. The number of rotatable bonds is 2. The Morgan fingerprint density at radius 3 is 2.65 bits per heavy atom. The highest BCUT2D eigenvalue weighted by Gasteiger charge is 2.18. The summed E-state index contributed by atoms with van der Waals surface area (Å²) in [6.07, 6.45) is 3.69. The van der Waals surface area contributed by atoms with E-state index in [0.717, 1.165) is 42.0 Å². The second-order valence-electron chi connectivity index (χ2n) is 7.09. The van der Waals surface area contributed by atoms with Gasteiger partial charge in [-0.1, -0.05) is 38.6 Å². The van der Waals surface area contributed by atoms with Crippen molar-refractivity contribution in [2.24, 2.45) is 4.99 Å². The monoisotopic (exact) mass is 349 g/mol. The smallest absolute Gasteiger partial charge is 0.251 e. The summed E-state index contributed by atoms with van der Waals surface area (Å²) in [4.78, 5) is 17.5. The maximum atomic E-state index is 12.6. The van der Waals surface area contributed by atoms with E-state index in [2.05, 4.69) is 43.3 Å². The molecule has 4 heteroatoms. The summed E-state index contributed by atoms with van der Waals surface area (Å²) in [5, 5.41) is 3.03. The van der Waals surface area contributed by atoms with Gasteiger partial charge in [-0.2, -0.15) is 0 Å². The molecule has 1 amide bonds. The minimum Gasteiger partial charge on any atom is -0.352 e. The van der Waals surface area contributed by atoms with Gasteiger partial charge < -0.3 is 9.88 Å². The van der Waals surface area contributed by atoms with Gasteiger partial charge in [-0.25, -0.2) is 4.99 Å². The fraction of sp³-hybridized carbons (Fsp3) is 0.364. The summed E-state index contributed by atoms with van der Waals surface area (Å²) in [5.74, 6) is 1.36. The number of aromatic nitrogens is 1. The average molecular weight is 349 g/mol. The first-order valence-electron chi connectivity index (χ1n) is 9.31. The summed E-state index contributed by atoms with van der Waals surface area (Å²) in [6, 6.07) is 9.84. The third kappa shape index (κ3) is 3.50. The van der Waals surface area contributed by atoms with E-state index in [0.29, 0.717) is 18.0 Å². The molecule has 0 atom stereocenters. The van der Waals surface area contributed by atoms with E-state index < -0.39 is 0 Å². The lowest BCUT2D eigenvalue weighted by molar-refractivity contribution is 0.0952. The number of hydrogen-bond donors (Lipinski definition) is 1. The van der Waals surface area contributed by atoms with Crippen LogP contribution >= 0.6 is 0 Å². The predicted molar refractivity (Wildman–Crippen MR) is 108 cm³/mol. The number of aliphatic imine (C=N–C) groups is 1. The second kappa shape index (κ2) is 7.73. The molecule has 2 aromatic rings. The molecular formula is C22H27N3O. The lowest BCUT2D eigenvalue weighted by Gasteiger charge is -2.17. The van der Waals surface area contributed by atoms with E-state index in [4.69, 9.17) is 4.99 Å². The Morgan fingerprint density at radius 1 is 1.23 bits per heavy atom. The summed E-state index contributed by atoms with van der Waals surface area (Å²) < 4.78 is 2.33. The molecule has 3 rings (SSSR count). The maximum Gasteiger partial charge on any atom is 0.251 e. The SMILES string of the molecule is C=C/C1=N\c2c(C)cc(C(C)C)n2CCCCNC(=O)c2ccccc21. The minimum atomic E-state index is -0.0503. The van der Waals surface area contributed by atoms with Crippen LogP contribution in [0.4, 0.5) is 5.82 Å². The fourth-order valence-electron chi connectivity index (χ4n) is 3.49. The first-order valence-corrected chi connectivity index (χ1v) is 9.31. The predicted octanol–water partition coefficient (Wildman–Crippen LogP) is 4.75. The van der Waals surface area contributed by atoms with Crippen LogP contribution in [-0.4, -0.2) is 22.7 Å². The molecule has 1 aromatic carbocycles. The van der Waals surface area contributed by atoms with E-state index in [-0.39, 0.29) is 5.91 Å². The van der Waals surface area contributed by atoms with Gasteiger partial charge in [-0.05, 0) is 49.5 Å². The van der Waals surface area contributed by atoms with E-state index in [1.807, 2.05) is 24.3 Å². The Balaban J connectivity index is 2.23. The van der Waals surface area contributed by atoms with Gasteiger partial charge in [0.2, 0.25) is 0 Å². The van der Waals surface area contributed by atoms with Gasteiger partial charge >= 0.3 is 0 Å². The molecule has 0 spiro atoms. The lowest BCUT2D eigenvalue weighted by Crippen LogP contribution is -2.26. The van der Waals surface area contributed by atoms with Gasteiger partial charge in [0.1, 0.15) is 5.82 Å². The average Bonchev–Trinajstić information content (AvgIpc) is 2.94. The number of hydrogen-bond acceptors (Lipinski definition) is 2. The largest absolute Gasteiger partial charge is 0.352 e. The number of carbonyl (C=O) groups excluding carboxylic acids is 1. The molecular weight excluding hydrogens is 322 g/mol. The molecule has 0 saturated carbocycles. The number of nitrogens with zero attached hydrogens (tertiary/aromatic N) is 2. The van der Waals surface area contributed by atoms with Gasteiger partial charge in [-0.3, -0.25) is 4.79 Å². The Morgan fingerprint density at radius 2 is 1.96 bits per heavy atom. The quantitative estimate of drug-likeness (QED) is 0.835. The van der Waals surface area contributed by atoms with Crippen LogP contribution in [0.3, 0.4) is 0 Å². The minimum absolute atomic E-state index is 0.0503. The molecule has 1 N–H and O–H groups in total. The summed E-state index contributed by atoms with van der Waals surface area (Å²) >= 11 is 0. The first-order chi connectivity index (χ1) is 12.5. The molecule has 1 aliphatic rings. The van der Waals surface area contributed by atoms with Crippen molar-refractivity contribution in [3.05, 3.63) is 65.4 Å². The van der Waals surface area contributed by atoms with Crippen LogP contribution in [-0.2, 0) is 6.54 Å². The topological polar surface area (TPSA) is 46.4 Å². The van der Waals surface area contributed by atoms with Crippen molar-refractivity contribution in [1.29, 1.82) is 0 Å². The molecule has 2 heterocycles. The van der Waals surface area contributed by atoms with Crippen LogP contribution in [0.25, 0.3) is 0 Å². The van der Waals surface area contributed by atoms with Gasteiger partial charge in [0.25, 0.3) is 5.91 Å². The number of amides is 1. The third-order valence-electron chi connectivity index (χ3n) is 4.84. The zero-order valence-electron chi connectivity index (χ0n) is 15.9. The number of carbonyl (C=O) groups is 1. The molecule has 0 fully saturated rings. The van der Waals surface area contributed by atoms with E-state index in [9.17, 15) is 4.79 Å². The molecule has 136 valence electrons. The number of nitrogens with one attached hydrogen (secondary N) is 1. The fourth-order valence-corrected chi connectivity index (χ4v) is 3.49. The standard InChI is InChI=1S/C22H27N3O/c1-5-19-17-10-6-7-11-18(17)22(26)23-12-8-9-13-25-20(15(2)3)14-16(4)21(25)24-19/h5-7,10-11,14-15H,1,8-9,12-13H2,2-4H3,(H,23,26)/b24-19+. The van der Waals surface area contributed by atoms with Crippen molar-refractivity contribution in [3.8, 4) is 0 Å². The molecule has 0 radical (unpaired) electrons. The van der Waals surface area contributed by atoms with Crippen LogP contribution in [0.5, 0.6) is 0 Å². The first kappa shape index (κ1) is 18.2. The maximum absolute atomic E-state index is 12.6. The summed E-state index contributed by atoms with van der Waals surface area (Å²) in [5.41, 5.74) is 4.66. The van der Waals surface area contributed by atoms with E-state index >= 15 is 0 Å². The second-order valence-corrected chi connectivity index (χ2v) is 7.09.